The van der Waals surface area contributed by atoms with Crippen molar-refractivity contribution in [2.45, 2.75) is 38.6 Å². The largest absolute Gasteiger partial charge is 0.493 e. The molecule has 0 aliphatic carbocycles. The number of ether oxygens (including phenoxy) is 2. The molecule has 0 atom stereocenters. The highest BCUT2D eigenvalue weighted by Gasteiger charge is 2.46. The third kappa shape index (κ3) is 3.22. The highest BCUT2D eigenvalue weighted by Crippen LogP contribution is 2.45. The number of ketones is 1. The van der Waals surface area contributed by atoms with Crippen LogP contribution in [0.4, 0.5) is 11.8 Å². The summed E-state index contributed by atoms with van der Waals surface area (Å²) in [6, 6.07) is 1.77. The molecule has 3 heterocycles. The van der Waals surface area contributed by atoms with E-state index in [1.165, 1.54) is 0 Å². The smallest absolute Gasteiger partial charge is 0.223 e. The highest BCUT2D eigenvalue weighted by molar-refractivity contribution is 6.31. The van der Waals surface area contributed by atoms with Crippen molar-refractivity contribution >= 4 is 29.2 Å². The van der Waals surface area contributed by atoms with E-state index in [1.54, 1.807) is 26.5 Å². The van der Waals surface area contributed by atoms with Gasteiger partial charge in [-0.05, 0) is 12.8 Å². The molecule has 150 valence electrons. The second kappa shape index (κ2) is 7.79. The number of halogens is 1. The van der Waals surface area contributed by atoms with Gasteiger partial charge in [0.2, 0.25) is 5.95 Å². The number of nitrogens with two attached hydrogens (primary N) is 1. The van der Waals surface area contributed by atoms with Crippen LogP contribution < -0.4 is 20.1 Å². The fourth-order valence-electron chi connectivity index (χ4n) is 3.81. The predicted octanol–water partition coefficient (Wildman–Crippen LogP) is 2.77. The van der Waals surface area contributed by atoms with E-state index in [1.807, 2.05) is 18.7 Å². The molecular weight excluding hydrogens is 382 g/mol. The molecule has 0 amide bonds. The molecule has 1 aliphatic rings. The lowest BCUT2D eigenvalue weighted by Gasteiger charge is -2.41. The van der Waals surface area contributed by atoms with E-state index in [2.05, 4.69) is 15.0 Å². The molecule has 0 aromatic carbocycles. The summed E-state index contributed by atoms with van der Waals surface area (Å²) in [6.45, 7) is 4.49. The number of hydrogen-bond donors (Lipinski definition) is 1. The minimum Gasteiger partial charge on any atom is -0.493 e. The fourth-order valence-corrected chi connectivity index (χ4v) is 4.16. The zero-order valence-corrected chi connectivity index (χ0v) is 17.2. The number of rotatable bonds is 6. The minimum atomic E-state index is -0.707. The summed E-state index contributed by atoms with van der Waals surface area (Å²) < 4.78 is 10.6. The summed E-state index contributed by atoms with van der Waals surface area (Å²) in [5.41, 5.74) is 6.49. The molecule has 0 saturated heterocycles. The van der Waals surface area contributed by atoms with E-state index >= 15 is 0 Å². The number of aromatic nitrogens is 3. The number of carbonyl (C=O) groups excluding carboxylic acids is 1. The number of methoxy groups -OCH3 is 2. The average Bonchev–Trinajstić information content (AvgIpc) is 2.69. The van der Waals surface area contributed by atoms with E-state index in [0.29, 0.717) is 48.0 Å². The molecule has 0 unspecified atom stereocenters. The van der Waals surface area contributed by atoms with E-state index in [9.17, 15) is 4.79 Å². The fraction of sp³-hybridized carbons (Fsp3) is 0.474. The van der Waals surface area contributed by atoms with Crippen LogP contribution in [0.2, 0.25) is 5.15 Å². The van der Waals surface area contributed by atoms with Gasteiger partial charge in [-0.2, -0.15) is 4.98 Å². The van der Waals surface area contributed by atoms with Gasteiger partial charge in [0.15, 0.2) is 17.3 Å². The number of Topliss-reactive ketones (excluding diaryl/α,β-unsaturated/α-hetero) is 1. The number of hydrogen-bond acceptors (Lipinski definition) is 8. The first-order valence-electron chi connectivity index (χ1n) is 9.08. The van der Waals surface area contributed by atoms with Crippen molar-refractivity contribution < 1.29 is 14.3 Å². The van der Waals surface area contributed by atoms with E-state index in [0.717, 1.165) is 0 Å². The van der Waals surface area contributed by atoms with Gasteiger partial charge in [0.05, 0.1) is 44.6 Å². The molecule has 0 spiro atoms. The first-order valence-corrected chi connectivity index (χ1v) is 9.46. The Hall–Kier alpha value is -2.61. The van der Waals surface area contributed by atoms with E-state index < -0.39 is 5.41 Å². The predicted molar refractivity (Wildman–Crippen MR) is 107 cm³/mol. The molecule has 28 heavy (non-hydrogen) atoms. The minimum absolute atomic E-state index is 0.0736. The summed E-state index contributed by atoms with van der Waals surface area (Å²) in [4.78, 5) is 27.9. The van der Waals surface area contributed by atoms with Gasteiger partial charge >= 0.3 is 0 Å². The van der Waals surface area contributed by atoms with Crippen LogP contribution in [0.3, 0.4) is 0 Å². The summed E-state index contributed by atoms with van der Waals surface area (Å²) in [5.74, 6) is 1.84. The van der Waals surface area contributed by atoms with Gasteiger partial charge < -0.3 is 20.1 Å². The van der Waals surface area contributed by atoms with Gasteiger partial charge in [0.1, 0.15) is 11.0 Å². The summed E-state index contributed by atoms with van der Waals surface area (Å²) >= 11 is 6.45. The number of nitrogen functional groups attached to an aromatic ring is 1. The van der Waals surface area contributed by atoms with E-state index in [4.69, 9.17) is 26.8 Å². The monoisotopic (exact) mass is 405 g/mol. The van der Waals surface area contributed by atoms with Crippen molar-refractivity contribution in [1.29, 1.82) is 0 Å². The molecule has 8 nitrogen and oxygen atoms in total. The van der Waals surface area contributed by atoms with Gasteiger partial charge in [0.25, 0.3) is 0 Å². The maximum absolute atomic E-state index is 13.2. The Bertz CT molecular complexity index is 901. The van der Waals surface area contributed by atoms with Crippen LogP contribution in [0.15, 0.2) is 12.3 Å². The van der Waals surface area contributed by atoms with Crippen molar-refractivity contribution in [3.63, 3.8) is 0 Å². The normalized spacial score (nSPS) is 15.3. The molecule has 2 aromatic heterocycles. The first kappa shape index (κ1) is 20.1. The number of pyridine rings is 1. The lowest BCUT2D eigenvalue weighted by Crippen LogP contribution is -2.49. The molecule has 9 heteroatoms. The average molecular weight is 406 g/mol. The quantitative estimate of drug-likeness (QED) is 0.731. The van der Waals surface area contributed by atoms with E-state index in [-0.39, 0.29) is 23.4 Å². The molecule has 2 N–H and O–H groups in total. The lowest BCUT2D eigenvalue weighted by atomic mass is 9.71. The topological polar surface area (TPSA) is 103 Å². The van der Waals surface area contributed by atoms with Gasteiger partial charge in [0, 0.05) is 11.6 Å². The van der Waals surface area contributed by atoms with Crippen LogP contribution >= 0.6 is 11.6 Å². The Labute approximate surface area is 169 Å². The Morgan fingerprint density at radius 2 is 1.89 bits per heavy atom. The van der Waals surface area contributed by atoms with Gasteiger partial charge in [-0.1, -0.05) is 25.4 Å². The van der Waals surface area contributed by atoms with Crippen LogP contribution in [0, 0.1) is 0 Å². The Balaban J connectivity index is 2.08. The molecule has 1 aliphatic heterocycles. The Morgan fingerprint density at radius 3 is 2.50 bits per heavy atom. The Morgan fingerprint density at radius 1 is 1.21 bits per heavy atom. The van der Waals surface area contributed by atoms with Gasteiger partial charge in [-0.15, -0.1) is 0 Å². The van der Waals surface area contributed by atoms with Crippen molar-refractivity contribution in [2.75, 3.05) is 31.4 Å². The van der Waals surface area contributed by atoms with Crippen LogP contribution in [0.5, 0.6) is 11.5 Å². The summed E-state index contributed by atoms with van der Waals surface area (Å²) in [7, 11) is 3.11. The molecule has 0 radical (unpaired) electrons. The molecular formula is C19H24ClN5O3. The second-order valence-electron chi connectivity index (χ2n) is 6.67. The van der Waals surface area contributed by atoms with Crippen LogP contribution in [-0.2, 0) is 16.8 Å². The summed E-state index contributed by atoms with van der Waals surface area (Å²) in [5, 5.41) is 0.226. The van der Waals surface area contributed by atoms with Crippen LogP contribution in [0.25, 0.3) is 0 Å². The number of nitrogens with zero attached hydrogens (tertiary/aromatic N) is 4. The molecule has 0 bridgehead atoms. The number of anilines is 2. The number of carbonyl (C=O) groups is 1. The van der Waals surface area contributed by atoms with Crippen molar-refractivity contribution in [3.8, 4) is 11.5 Å². The third-order valence-electron chi connectivity index (χ3n) is 5.40. The van der Waals surface area contributed by atoms with Crippen molar-refractivity contribution in [1.82, 2.24) is 15.0 Å². The zero-order chi connectivity index (χ0) is 20.5. The van der Waals surface area contributed by atoms with Crippen molar-refractivity contribution in [2.24, 2.45) is 0 Å². The third-order valence-corrected chi connectivity index (χ3v) is 5.67. The maximum Gasteiger partial charge on any atom is 0.223 e. The van der Waals surface area contributed by atoms with Gasteiger partial charge in [-0.25, -0.2) is 4.98 Å². The molecule has 3 rings (SSSR count). The highest BCUT2D eigenvalue weighted by atomic mass is 35.5. The zero-order valence-electron chi connectivity index (χ0n) is 16.5. The first-order chi connectivity index (χ1) is 13.4. The molecule has 0 saturated carbocycles. The molecule has 0 fully saturated rings. The second-order valence-corrected chi connectivity index (χ2v) is 7.03. The SMILES string of the molecule is CCC1(CC)C(=O)CN(Cc2cc(OC)c(OC)cn2)c2nc(N)nc(Cl)c21. The van der Waals surface area contributed by atoms with Gasteiger partial charge in [-0.3, -0.25) is 9.78 Å². The summed E-state index contributed by atoms with van der Waals surface area (Å²) in [6.07, 6.45) is 2.82. The maximum atomic E-state index is 13.2. The lowest BCUT2D eigenvalue weighted by molar-refractivity contribution is -0.124. The number of fused-ring (bicyclic) bond motifs is 1. The van der Waals surface area contributed by atoms with Crippen LogP contribution in [0.1, 0.15) is 37.9 Å². The molecule has 2 aromatic rings. The standard InChI is InChI=1S/C19H24ClN5O3/c1-5-19(6-2)14(26)10-25(17-15(19)16(20)23-18(21)24-17)9-11-7-12(27-3)13(28-4)8-22-11/h7-8H,5-6,9-10H2,1-4H3,(H2,21,23,24). The van der Waals surface area contributed by atoms with Crippen molar-refractivity contribution in [3.05, 3.63) is 28.7 Å². The van der Waals surface area contributed by atoms with Crippen LogP contribution in [-0.4, -0.2) is 41.5 Å². The Kier molecular flexibility index (Phi) is 5.60.